The van der Waals surface area contributed by atoms with Gasteiger partial charge in [-0.05, 0) is 54.4 Å². The average Bonchev–Trinajstić information content (AvgIpc) is 3.30. The van der Waals surface area contributed by atoms with Crippen LogP contribution in [0.2, 0.25) is 0 Å². The first-order valence-electron chi connectivity index (χ1n) is 9.82. The highest BCUT2D eigenvalue weighted by Gasteiger charge is 2.17. The Labute approximate surface area is 176 Å². The first-order valence-corrected chi connectivity index (χ1v) is 10.6. The highest BCUT2D eigenvalue weighted by Crippen LogP contribution is 2.41. The zero-order chi connectivity index (χ0) is 20.4. The number of fused-ring (bicyclic) bond motifs is 6. The van der Waals surface area contributed by atoms with E-state index in [0.717, 1.165) is 33.1 Å². The molecule has 3 N–H and O–H groups in total. The van der Waals surface area contributed by atoms with Crippen LogP contribution in [0.15, 0.2) is 77.2 Å². The van der Waals surface area contributed by atoms with Gasteiger partial charge in [0, 0.05) is 36.5 Å². The van der Waals surface area contributed by atoms with E-state index in [1.807, 2.05) is 41.7 Å². The largest absolute Gasteiger partial charge is 0.456 e. The van der Waals surface area contributed by atoms with Crippen LogP contribution < -0.4 is 5.73 Å². The third-order valence-corrected chi connectivity index (χ3v) is 6.90. The third-order valence-electron chi connectivity index (χ3n) is 5.75. The van der Waals surface area contributed by atoms with E-state index < -0.39 is 0 Å². The molecule has 0 unspecified atom stereocenters. The fourth-order valence-corrected chi connectivity index (χ4v) is 5.46. The molecule has 0 fully saturated rings. The van der Waals surface area contributed by atoms with E-state index in [9.17, 15) is 0 Å². The molecule has 0 radical (unpaired) electrons. The molecule has 3 nitrogen and oxygen atoms in total. The summed E-state index contributed by atoms with van der Waals surface area (Å²) in [5.41, 5.74) is 11.7. The van der Waals surface area contributed by atoms with E-state index in [0.29, 0.717) is 5.56 Å². The molecule has 0 saturated heterocycles. The van der Waals surface area contributed by atoms with Crippen LogP contribution in [0.4, 0.5) is 0 Å². The first-order chi connectivity index (χ1) is 14.6. The Kier molecular flexibility index (Phi) is 3.55. The van der Waals surface area contributed by atoms with Crippen LogP contribution in [0.1, 0.15) is 11.1 Å². The summed E-state index contributed by atoms with van der Waals surface area (Å²) in [6.45, 7) is 2.13. The Balaban J connectivity index is 1.71. The molecule has 6 aromatic rings. The molecule has 0 spiro atoms. The molecule has 0 bridgehead atoms. The van der Waals surface area contributed by atoms with Crippen LogP contribution >= 0.6 is 11.3 Å². The van der Waals surface area contributed by atoms with Gasteiger partial charge >= 0.3 is 0 Å². The standard InChI is InChI=1S/C26H18N2OS/c1-14-8-10-22-18(12-14)19-13-15(9-11-23(19)30-22)16-4-2-6-20-24(16)25-17(26(27)28)5-3-7-21(25)29-20/h2-13H,1H3,(H3,27,28). The molecular weight excluding hydrogens is 388 g/mol. The van der Waals surface area contributed by atoms with E-state index in [4.69, 9.17) is 15.6 Å². The summed E-state index contributed by atoms with van der Waals surface area (Å²) in [5.74, 6) is 0.0489. The minimum absolute atomic E-state index is 0.0489. The van der Waals surface area contributed by atoms with Crippen molar-refractivity contribution in [3.05, 3.63) is 83.9 Å². The van der Waals surface area contributed by atoms with Crippen LogP contribution in [-0.4, -0.2) is 5.84 Å². The normalized spacial score (nSPS) is 11.8. The van der Waals surface area contributed by atoms with Gasteiger partial charge in [-0.2, -0.15) is 0 Å². The maximum absolute atomic E-state index is 8.04. The highest BCUT2D eigenvalue weighted by atomic mass is 32.1. The number of nitrogens with one attached hydrogen (secondary N) is 1. The Morgan fingerprint density at radius 1 is 0.833 bits per heavy atom. The van der Waals surface area contributed by atoms with Gasteiger partial charge in [0.15, 0.2) is 0 Å². The van der Waals surface area contributed by atoms with Gasteiger partial charge in [0.1, 0.15) is 17.0 Å². The smallest absolute Gasteiger partial charge is 0.136 e. The Bertz CT molecular complexity index is 1640. The molecule has 144 valence electrons. The monoisotopic (exact) mass is 406 g/mol. The number of hydrogen-bond donors (Lipinski definition) is 2. The lowest BCUT2D eigenvalue weighted by Crippen LogP contribution is -2.11. The van der Waals surface area contributed by atoms with Gasteiger partial charge in [0.25, 0.3) is 0 Å². The number of rotatable bonds is 2. The molecule has 0 aliphatic rings. The van der Waals surface area contributed by atoms with Crippen molar-refractivity contribution in [3.63, 3.8) is 0 Å². The molecule has 30 heavy (non-hydrogen) atoms. The van der Waals surface area contributed by atoms with Crippen molar-refractivity contribution in [2.45, 2.75) is 6.92 Å². The molecule has 0 saturated carbocycles. The van der Waals surface area contributed by atoms with Gasteiger partial charge < -0.3 is 10.2 Å². The van der Waals surface area contributed by atoms with Crippen molar-refractivity contribution < 1.29 is 4.42 Å². The molecule has 4 heteroatoms. The fourth-order valence-electron chi connectivity index (χ4n) is 4.39. The van der Waals surface area contributed by atoms with Gasteiger partial charge in [-0.1, -0.05) is 42.0 Å². The Hall–Kier alpha value is -3.63. The van der Waals surface area contributed by atoms with Crippen molar-refractivity contribution in [2.75, 3.05) is 0 Å². The average molecular weight is 407 g/mol. The summed E-state index contributed by atoms with van der Waals surface area (Å²) in [5, 5.41) is 12.5. The molecule has 0 amide bonds. The van der Waals surface area contributed by atoms with Gasteiger partial charge in [-0.25, -0.2) is 0 Å². The molecule has 4 aromatic carbocycles. The van der Waals surface area contributed by atoms with Crippen molar-refractivity contribution in [3.8, 4) is 11.1 Å². The number of hydrogen-bond acceptors (Lipinski definition) is 3. The van der Waals surface area contributed by atoms with Crippen molar-refractivity contribution in [2.24, 2.45) is 5.73 Å². The highest BCUT2D eigenvalue weighted by molar-refractivity contribution is 7.25. The number of benzene rings is 4. The second kappa shape index (κ2) is 6.18. The molecular formula is C26H18N2OS. The number of nitrogen functional groups attached to an aromatic ring is 1. The molecule has 2 heterocycles. The van der Waals surface area contributed by atoms with E-state index in [1.54, 1.807) is 0 Å². The Morgan fingerprint density at radius 3 is 2.33 bits per heavy atom. The predicted octanol–water partition coefficient (Wildman–Crippen LogP) is 7.21. The van der Waals surface area contributed by atoms with E-state index >= 15 is 0 Å². The molecule has 0 aliphatic carbocycles. The molecule has 6 rings (SSSR count). The van der Waals surface area contributed by atoms with Crippen molar-refractivity contribution in [1.82, 2.24) is 0 Å². The van der Waals surface area contributed by atoms with Crippen molar-refractivity contribution in [1.29, 1.82) is 5.41 Å². The van der Waals surface area contributed by atoms with E-state index in [2.05, 4.69) is 49.4 Å². The molecule has 0 atom stereocenters. The summed E-state index contributed by atoms with van der Waals surface area (Å²) in [6, 6.07) is 25.1. The number of amidine groups is 1. The minimum Gasteiger partial charge on any atom is -0.456 e. The minimum atomic E-state index is 0.0489. The van der Waals surface area contributed by atoms with Crippen LogP contribution in [-0.2, 0) is 0 Å². The summed E-state index contributed by atoms with van der Waals surface area (Å²) >= 11 is 1.83. The van der Waals surface area contributed by atoms with Crippen LogP contribution in [0.3, 0.4) is 0 Å². The lowest BCUT2D eigenvalue weighted by atomic mass is 9.96. The van der Waals surface area contributed by atoms with E-state index in [1.165, 1.54) is 25.7 Å². The molecule has 2 aromatic heterocycles. The number of furan rings is 1. The van der Waals surface area contributed by atoms with E-state index in [-0.39, 0.29) is 5.84 Å². The van der Waals surface area contributed by atoms with Gasteiger partial charge in [-0.3, -0.25) is 5.41 Å². The number of nitrogens with two attached hydrogens (primary N) is 1. The topological polar surface area (TPSA) is 63.0 Å². The van der Waals surface area contributed by atoms with Gasteiger partial charge in [0.05, 0.1) is 0 Å². The summed E-state index contributed by atoms with van der Waals surface area (Å²) < 4.78 is 8.70. The SMILES string of the molecule is Cc1ccc2sc3ccc(-c4cccc5oc6cccc(C(=N)N)c6c45)cc3c2c1. The summed E-state index contributed by atoms with van der Waals surface area (Å²) in [4.78, 5) is 0. The maximum Gasteiger partial charge on any atom is 0.136 e. The van der Waals surface area contributed by atoms with Crippen LogP contribution in [0.5, 0.6) is 0 Å². The first kappa shape index (κ1) is 17.2. The lowest BCUT2D eigenvalue weighted by molar-refractivity contribution is 0.669. The lowest BCUT2D eigenvalue weighted by Gasteiger charge is -2.06. The second-order valence-corrected chi connectivity index (χ2v) is 8.77. The van der Waals surface area contributed by atoms with Gasteiger partial charge in [-0.15, -0.1) is 11.3 Å². The molecule has 0 aliphatic heterocycles. The van der Waals surface area contributed by atoms with Crippen LogP contribution in [0, 0.1) is 12.3 Å². The fraction of sp³-hybridized carbons (Fsp3) is 0.0385. The zero-order valence-corrected chi connectivity index (χ0v) is 17.1. The number of aryl methyl sites for hydroxylation is 1. The Morgan fingerprint density at radius 2 is 1.53 bits per heavy atom. The quantitative estimate of drug-likeness (QED) is 0.236. The predicted molar refractivity (Wildman–Crippen MR) is 128 cm³/mol. The van der Waals surface area contributed by atoms with Crippen LogP contribution in [0.25, 0.3) is 53.2 Å². The van der Waals surface area contributed by atoms with Crippen molar-refractivity contribution >= 4 is 59.3 Å². The maximum atomic E-state index is 8.04. The summed E-state index contributed by atoms with van der Waals surface area (Å²) in [7, 11) is 0. The van der Waals surface area contributed by atoms with Gasteiger partial charge in [0.2, 0.25) is 0 Å². The zero-order valence-electron chi connectivity index (χ0n) is 16.3. The number of thiophene rings is 1. The second-order valence-electron chi connectivity index (χ2n) is 7.69. The summed E-state index contributed by atoms with van der Waals surface area (Å²) in [6.07, 6.45) is 0. The third kappa shape index (κ3) is 2.41.